The molecule has 0 saturated carbocycles. The zero-order valence-corrected chi connectivity index (χ0v) is 10.7. The Labute approximate surface area is 105 Å². The molecule has 2 amide bonds. The van der Waals surface area contributed by atoms with Crippen LogP contribution in [0, 0.1) is 6.92 Å². The second-order valence-electron chi connectivity index (χ2n) is 4.23. The topological polar surface area (TPSA) is 67.4 Å². The number of nitrogens with zero attached hydrogens (tertiary/aromatic N) is 4. The summed E-state index contributed by atoms with van der Waals surface area (Å²) in [6, 6.07) is -0.157. The smallest absolute Gasteiger partial charge is 0.319 e. The maximum atomic E-state index is 11.8. The number of aromatic nitrogens is 2. The molecule has 1 aliphatic rings. The number of halogens is 1. The molecule has 0 aliphatic carbocycles. The van der Waals surface area contributed by atoms with Crippen molar-refractivity contribution in [2.24, 2.45) is 12.9 Å². The van der Waals surface area contributed by atoms with E-state index in [-0.39, 0.29) is 6.03 Å². The zero-order valence-electron chi connectivity index (χ0n) is 9.98. The van der Waals surface area contributed by atoms with Crippen LogP contribution in [0.4, 0.5) is 4.79 Å². The first kappa shape index (κ1) is 12.2. The largest absolute Gasteiger partial charge is 0.334 e. The van der Waals surface area contributed by atoms with Gasteiger partial charge >= 0.3 is 6.03 Å². The molecule has 0 spiro atoms. The number of rotatable bonds is 2. The van der Waals surface area contributed by atoms with E-state index >= 15 is 0 Å². The van der Waals surface area contributed by atoms with Gasteiger partial charge in [-0.25, -0.2) is 10.6 Å². The molecule has 1 aromatic heterocycles. The fourth-order valence-electron chi connectivity index (χ4n) is 2.00. The van der Waals surface area contributed by atoms with E-state index in [0.29, 0.717) is 24.8 Å². The standard InChI is InChI=1S/C10H16ClN5O/c1-7-8(9(11)14(2)13-7)6-15-4-3-5-16(12)10(15)17/h3-6,12H2,1-2H3. The third kappa shape index (κ3) is 2.23. The summed E-state index contributed by atoms with van der Waals surface area (Å²) in [5.41, 5.74) is 1.73. The SMILES string of the molecule is Cc1nn(C)c(Cl)c1CN1CCCN(N)C1=O. The Morgan fingerprint density at radius 2 is 2.18 bits per heavy atom. The van der Waals surface area contributed by atoms with Crippen LogP contribution in [0.25, 0.3) is 0 Å². The van der Waals surface area contributed by atoms with E-state index in [4.69, 9.17) is 17.4 Å². The summed E-state index contributed by atoms with van der Waals surface area (Å²) in [6.07, 6.45) is 0.874. The van der Waals surface area contributed by atoms with E-state index in [0.717, 1.165) is 17.7 Å². The third-order valence-electron chi connectivity index (χ3n) is 2.96. The van der Waals surface area contributed by atoms with Gasteiger partial charge < -0.3 is 4.90 Å². The Morgan fingerprint density at radius 3 is 2.76 bits per heavy atom. The van der Waals surface area contributed by atoms with Crippen molar-refractivity contribution in [1.82, 2.24) is 19.7 Å². The Kier molecular flexibility index (Phi) is 3.26. The number of urea groups is 1. The minimum atomic E-state index is -0.157. The molecule has 1 fully saturated rings. The maximum Gasteiger partial charge on any atom is 0.334 e. The van der Waals surface area contributed by atoms with Gasteiger partial charge in [-0.05, 0) is 13.3 Å². The van der Waals surface area contributed by atoms with Crippen LogP contribution >= 0.6 is 11.6 Å². The number of hydrazine groups is 1. The van der Waals surface area contributed by atoms with Crippen molar-refractivity contribution in [3.05, 3.63) is 16.4 Å². The first-order valence-corrected chi connectivity index (χ1v) is 5.87. The second kappa shape index (κ2) is 4.54. The van der Waals surface area contributed by atoms with Crippen LogP contribution in [-0.4, -0.2) is 38.8 Å². The van der Waals surface area contributed by atoms with Crippen LogP contribution < -0.4 is 5.84 Å². The zero-order chi connectivity index (χ0) is 12.6. The average molecular weight is 258 g/mol. The molecular weight excluding hydrogens is 242 g/mol. The van der Waals surface area contributed by atoms with Crippen LogP contribution in [0.15, 0.2) is 0 Å². The van der Waals surface area contributed by atoms with Gasteiger partial charge in [0.25, 0.3) is 0 Å². The first-order valence-electron chi connectivity index (χ1n) is 5.50. The molecule has 0 atom stereocenters. The van der Waals surface area contributed by atoms with E-state index in [9.17, 15) is 4.79 Å². The van der Waals surface area contributed by atoms with Gasteiger partial charge in [-0.2, -0.15) is 5.10 Å². The Balaban J connectivity index is 2.17. The van der Waals surface area contributed by atoms with Crippen LogP contribution in [0.1, 0.15) is 17.7 Å². The summed E-state index contributed by atoms with van der Waals surface area (Å²) in [5, 5.41) is 6.03. The molecule has 1 aliphatic heterocycles. The summed E-state index contributed by atoms with van der Waals surface area (Å²) in [7, 11) is 1.78. The number of carbonyl (C=O) groups is 1. The number of aryl methyl sites for hydroxylation is 2. The van der Waals surface area contributed by atoms with Crippen LogP contribution in [-0.2, 0) is 13.6 Å². The lowest BCUT2D eigenvalue weighted by Crippen LogP contribution is -2.52. The molecular formula is C10H16ClN5O. The predicted octanol–water partition coefficient (Wildman–Crippen LogP) is 0.883. The van der Waals surface area contributed by atoms with Crippen LogP contribution in [0.3, 0.4) is 0 Å². The lowest BCUT2D eigenvalue weighted by Gasteiger charge is -2.32. The molecule has 2 N–H and O–H groups in total. The van der Waals surface area contributed by atoms with Gasteiger partial charge in [-0.15, -0.1) is 0 Å². The van der Waals surface area contributed by atoms with E-state index in [1.54, 1.807) is 16.6 Å². The molecule has 2 rings (SSSR count). The highest BCUT2D eigenvalue weighted by Gasteiger charge is 2.25. The molecule has 7 heteroatoms. The maximum absolute atomic E-state index is 11.8. The molecule has 1 aromatic rings. The predicted molar refractivity (Wildman–Crippen MR) is 64.3 cm³/mol. The summed E-state index contributed by atoms with van der Waals surface area (Å²) in [5.74, 6) is 5.59. The number of carbonyl (C=O) groups excluding carboxylic acids is 1. The highest BCUT2D eigenvalue weighted by atomic mass is 35.5. The van der Waals surface area contributed by atoms with Gasteiger partial charge in [0.2, 0.25) is 0 Å². The van der Waals surface area contributed by atoms with Crippen molar-refractivity contribution in [3.8, 4) is 0 Å². The van der Waals surface area contributed by atoms with E-state index in [1.165, 1.54) is 5.01 Å². The molecule has 94 valence electrons. The van der Waals surface area contributed by atoms with Gasteiger partial charge in [-0.1, -0.05) is 11.6 Å². The number of nitrogens with two attached hydrogens (primary N) is 1. The quantitative estimate of drug-likeness (QED) is 0.632. The first-order chi connectivity index (χ1) is 8.00. The Hall–Kier alpha value is -1.27. The fraction of sp³-hybridized carbons (Fsp3) is 0.600. The lowest BCUT2D eigenvalue weighted by atomic mass is 10.2. The van der Waals surface area contributed by atoms with Gasteiger partial charge in [0, 0.05) is 25.7 Å². The molecule has 0 bridgehead atoms. The molecule has 2 heterocycles. The average Bonchev–Trinajstić information content (AvgIpc) is 2.51. The summed E-state index contributed by atoms with van der Waals surface area (Å²) in [4.78, 5) is 13.5. The summed E-state index contributed by atoms with van der Waals surface area (Å²) < 4.78 is 1.61. The number of hydrogen-bond donors (Lipinski definition) is 1. The lowest BCUT2D eigenvalue weighted by molar-refractivity contribution is 0.127. The van der Waals surface area contributed by atoms with Gasteiger partial charge in [0.15, 0.2) is 0 Å². The normalized spacial score (nSPS) is 16.8. The molecule has 0 unspecified atom stereocenters. The van der Waals surface area contributed by atoms with E-state index < -0.39 is 0 Å². The van der Waals surface area contributed by atoms with Crippen LogP contribution in [0.5, 0.6) is 0 Å². The van der Waals surface area contributed by atoms with Crippen molar-refractivity contribution in [2.45, 2.75) is 19.9 Å². The van der Waals surface area contributed by atoms with Gasteiger partial charge in [0.1, 0.15) is 5.15 Å². The monoisotopic (exact) mass is 257 g/mol. The Morgan fingerprint density at radius 1 is 1.47 bits per heavy atom. The number of amides is 2. The van der Waals surface area contributed by atoms with E-state index in [1.807, 2.05) is 6.92 Å². The molecule has 6 nitrogen and oxygen atoms in total. The minimum absolute atomic E-state index is 0.157. The minimum Gasteiger partial charge on any atom is -0.319 e. The van der Waals surface area contributed by atoms with Crippen LogP contribution in [0.2, 0.25) is 5.15 Å². The highest BCUT2D eigenvalue weighted by Crippen LogP contribution is 2.21. The van der Waals surface area contributed by atoms with E-state index in [2.05, 4.69) is 5.10 Å². The highest BCUT2D eigenvalue weighted by molar-refractivity contribution is 6.30. The fourth-order valence-corrected chi connectivity index (χ4v) is 2.23. The van der Waals surface area contributed by atoms with Crippen molar-refractivity contribution >= 4 is 17.6 Å². The van der Waals surface area contributed by atoms with Gasteiger partial charge in [-0.3, -0.25) is 9.69 Å². The van der Waals surface area contributed by atoms with Crippen molar-refractivity contribution in [2.75, 3.05) is 13.1 Å². The van der Waals surface area contributed by atoms with Crippen molar-refractivity contribution in [3.63, 3.8) is 0 Å². The third-order valence-corrected chi connectivity index (χ3v) is 3.43. The number of hydrogen-bond acceptors (Lipinski definition) is 3. The summed E-state index contributed by atoms with van der Waals surface area (Å²) >= 11 is 6.14. The molecule has 0 radical (unpaired) electrons. The van der Waals surface area contributed by atoms with Crippen molar-refractivity contribution in [1.29, 1.82) is 0 Å². The second-order valence-corrected chi connectivity index (χ2v) is 4.59. The summed E-state index contributed by atoms with van der Waals surface area (Å²) in [6.45, 7) is 3.66. The van der Waals surface area contributed by atoms with Gasteiger partial charge in [0.05, 0.1) is 12.2 Å². The Bertz CT molecular complexity index is 444. The molecule has 1 saturated heterocycles. The molecule has 0 aromatic carbocycles. The van der Waals surface area contributed by atoms with Crippen molar-refractivity contribution < 1.29 is 4.79 Å². The molecule has 17 heavy (non-hydrogen) atoms.